The summed E-state index contributed by atoms with van der Waals surface area (Å²) in [5, 5.41) is 12.5. The summed E-state index contributed by atoms with van der Waals surface area (Å²) in [4.78, 5) is 4.66. The van der Waals surface area contributed by atoms with Crippen molar-refractivity contribution in [3.63, 3.8) is 0 Å². The van der Waals surface area contributed by atoms with Gasteiger partial charge in [0.25, 0.3) is 0 Å². The summed E-state index contributed by atoms with van der Waals surface area (Å²) in [6.07, 6.45) is 2.09. The molecule has 0 spiro atoms. The molecule has 1 aliphatic carbocycles. The highest BCUT2D eigenvalue weighted by atomic mass is 32.1. The average molecular weight is 261 g/mol. The highest BCUT2D eigenvalue weighted by Gasteiger charge is 2.45. The molecule has 3 nitrogen and oxygen atoms in total. The second-order valence-corrected chi connectivity index (χ2v) is 5.57. The molecule has 1 aromatic heterocycles. The van der Waals surface area contributed by atoms with Crippen LogP contribution < -0.4 is 4.74 Å². The van der Waals surface area contributed by atoms with Crippen LogP contribution in [0.2, 0.25) is 0 Å². The molecule has 0 saturated heterocycles. The minimum Gasteiger partial charge on any atom is -0.497 e. The first-order valence-corrected chi connectivity index (χ1v) is 6.87. The number of nitrogens with zero attached hydrogens (tertiary/aromatic N) is 1. The molecular weight excluding hydrogens is 246 g/mol. The molecule has 94 valence electrons. The van der Waals surface area contributed by atoms with E-state index >= 15 is 0 Å². The van der Waals surface area contributed by atoms with Crippen molar-refractivity contribution in [2.45, 2.75) is 18.3 Å². The van der Waals surface area contributed by atoms with Gasteiger partial charge in [0.1, 0.15) is 10.8 Å². The van der Waals surface area contributed by atoms with Crippen LogP contribution in [0.4, 0.5) is 0 Å². The summed E-state index contributed by atoms with van der Waals surface area (Å²) in [6.45, 7) is 0.203. The van der Waals surface area contributed by atoms with E-state index < -0.39 is 0 Å². The molecule has 1 aromatic carbocycles. The Morgan fingerprint density at radius 2 is 2.28 bits per heavy atom. The Hall–Kier alpha value is -1.39. The number of hydrogen-bond acceptors (Lipinski definition) is 4. The Morgan fingerprint density at radius 3 is 2.94 bits per heavy atom. The molecule has 1 heterocycles. The number of methoxy groups -OCH3 is 1. The third-order valence-corrected chi connectivity index (χ3v) is 4.41. The van der Waals surface area contributed by atoms with E-state index in [1.807, 2.05) is 24.3 Å². The van der Waals surface area contributed by atoms with Crippen molar-refractivity contribution in [1.82, 2.24) is 4.98 Å². The maximum atomic E-state index is 9.42. The largest absolute Gasteiger partial charge is 0.497 e. The van der Waals surface area contributed by atoms with Crippen LogP contribution in [0.25, 0.3) is 10.6 Å². The van der Waals surface area contributed by atoms with Crippen molar-refractivity contribution in [2.75, 3.05) is 13.7 Å². The summed E-state index contributed by atoms with van der Waals surface area (Å²) in [7, 11) is 1.66. The molecule has 1 fully saturated rings. The van der Waals surface area contributed by atoms with Gasteiger partial charge in [-0.25, -0.2) is 4.98 Å². The number of hydrogen-bond donors (Lipinski definition) is 1. The SMILES string of the molecule is COc1cccc(-c2nc(C3(CO)CC3)cs2)c1. The summed E-state index contributed by atoms with van der Waals surface area (Å²) >= 11 is 1.63. The van der Waals surface area contributed by atoms with Crippen molar-refractivity contribution in [3.8, 4) is 16.3 Å². The van der Waals surface area contributed by atoms with Crippen LogP contribution in [0.3, 0.4) is 0 Å². The Kier molecular flexibility index (Phi) is 2.84. The number of ether oxygens (including phenoxy) is 1. The fourth-order valence-electron chi connectivity index (χ4n) is 2.05. The lowest BCUT2D eigenvalue weighted by Crippen LogP contribution is -2.11. The molecular formula is C14H15NO2S. The zero-order valence-corrected chi connectivity index (χ0v) is 11.0. The van der Waals surface area contributed by atoms with E-state index in [1.54, 1.807) is 18.4 Å². The van der Waals surface area contributed by atoms with Crippen LogP contribution in [-0.4, -0.2) is 23.8 Å². The molecule has 0 atom stereocenters. The molecule has 0 aliphatic heterocycles. The lowest BCUT2D eigenvalue weighted by atomic mass is 10.1. The van der Waals surface area contributed by atoms with E-state index in [9.17, 15) is 5.11 Å². The second kappa shape index (κ2) is 4.37. The van der Waals surface area contributed by atoms with Gasteiger partial charge >= 0.3 is 0 Å². The summed E-state index contributed by atoms with van der Waals surface area (Å²) in [5.74, 6) is 0.840. The Labute approximate surface area is 110 Å². The van der Waals surface area contributed by atoms with Gasteiger partial charge in [-0.05, 0) is 25.0 Å². The van der Waals surface area contributed by atoms with Gasteiger partial charge < -0.3 is 9.84 Å². The van der Waals surface area contributed by atoms with Gasteiger partial charge in [0.05, 0.1) is 19.4 Å². The third-order valence-electron chi connectivity index (χ3n) is 3.52. The van der Waals surface area contributed by atoms with Crippen LogP contribution >= 0.6 is 11.3 Å². The summed E-state index contributed by atoms with van der Waals surface area (Å²) in [5.41, 5.74) is 2.06. The van der Waals surface area contributed by atoms with Gasteiger partial charge in [0.15, 0.2) is 0 Å². The van der Waals surface area contributed by atoms with Crippen molar-refractivity contribution < 1.29 is 9.84 Å². The maximum absolute atomic E-state index is 9.42. The smallest absolute Gasteiger partial charge is 0.123 e. The predicted molar refractivity (Wildman–Crippen MR) is 72.1 cm³/mol. The molecule has 0 bridgehead atoms. The normalized spacial score (nSPS) is 16.6. The van der Waals surface area contributed by atoms with E-state index in [0.29, 0.717) is 0 Å². The van der Waals surface area contributed by atoms with Crippen LogP contribution in [-0.2, 0) is 5.41 Å². The van der Waals surface area contributed by atoms with Crippen molar-refractivity contribution in [1.29, 1.82) is 0 Å². The van der Waals surface area contributed by atoms with E-state index in [0.717, 1.165) is 34.9 Å². The number of aliphatic hydroxyl groups is 1. The standard InChI is InChI=1S/C14H15NO2S/c1-17-11-4-2-3-10(7-11)13-15-12(8-18-13)14(9-16)5-6-14/h2-4,7-8,16H,5-6,9H2,1H3. The molecule has 1 saturated carbocycles. The first-order valence-electron chi connectivity index (χ1n) is 5.99. The third kappa shape index (κ3) is 1.91. The number of thiazole rings is 1. The molecule has 1 N–H and O–H groups in total. The van der Waals surface area contributed by atoms with Crippen LogP contribution in [0.15, 0.2) is 29.6 Å². The highest BCUT2D eigenvalue weighted by molar-refractivity contribution is 7.13. The minimum atomic E-state index is -0.0480. The summed E-state index contributed by atoms with van der Waals surface area (Å²) in [6, 6.07) is 7.91. The molecule has 1 aliphatic rings. The highest BCUT2D eigenvalue weighted by Crippen LogP contribution is 2.48. The first-order chi connectivity index (χ1) is 8.77. The van der Waals surface area contributed by atoms with E-state index in [-0.39, 0.29) is 12.0 Å². The Bertz CT molecular complexity index is 560. The molecule has 0 unspecified atom stereocenters. The van der Waals surface area contributed by atoms with Gasteiger partial charge in [0, 0.05) is 16.4 Å². The monoisotopic (exact) mass is 261 g/mol. The molecule has 4 heteroatoms. The predicted octanol–water partition coefficient (Wildman–Crippen LogP) is 2.84. The van der Waals surface area contributed by atoms with Gasteiger partial charge in [-0.3, -0.25) is 0 Å². The minimum absolute atomic E-state index is 0.0480. The lowest BCUT2D eigenvalue weighted by Gasteiger charge is -2.06. The molecule has 18 heavy (non-hydrogen) atoms. The Balaban J connectivity index is 1.93. The topological polar surface area (TPSA) is 42.4 Å². The fourth-order valence-corrected chi connectivity index (χ4v) is 2.99. The number of aromatic nitrogens is 1. The van der Waals surface area contributed by atoms with Crippen molar-refractivity contribution in [2.24, 2.45) is 0 Å². The average Bonchev–Trinajstić information content (AvgIpc) is 3.08. The van der Waals surface area contributed by atoms with Crippen LogP contribution in [0.1, 0.15) is 18.5 Å². The molecule has 3 rings (SSSR count). The summed E-state index contributed by atoms with van der Waals surface area (Å²) < 4.78 is 5.22. The zero-order chi connectivity index (χ0) is 12.6. The van der Waals surface area contributed by atoms with E-state index in [4.69, 9.17) is 4.74 Å². The van der Waals surface area contributed by atoms with Crippen LogP contribution in [0.5, 0.6) is 5.75 Å². The second-order valence-electron chi connectivity index (χ2n) is 4.71. The van der Waals surface area contributed by atoms with Gasteiger partial charge in [-0.15, -0.1) is 11.3 Å². The lowest BCUT2D eigenvalue weighted by molar-refractivity contribution is 0.253. The van der Waals surface area contributed by atoms with Crippen LogP contribution in [0, 0.1) is 0 Å². The van der Waals surface area contributed by atoms with Crippen molar-refractivity contribution in [3.05, 3.63) is 35.3 Å². The van der Waals surface area contributed by atoms with E-state index in [2.05, 4.69) is 10.4 Å². The maximum Gasteiger partial charge on any atom is 0.123 e. The van der Waals surface area contributed by atoms with Gasteiger partial charge in [-0.1, -0.05) is 12.1 Å². The number of benzene rings is 1. The first kappa shape index (κ1) is 11.7. The molecule has 2 aromatic rings. The fraction of sp³-hybridized carbons (Fsp3) is 0.357. The number of aliphatic hydroxyl groups excluding tert-OH is 1. The van der Waals surface area contributed by atoms with Crippen molar-refractivity contribution >= 4 is 11.3 Å². The Morgan fingerprint density at radius 1 is 1.44 bits per heavy atom. The quantitative estimate of drug-likeness (QED) is 0.920. The molecule has 0 radical (unpaired) electrons. The zero-order valence-electron chi connectivity index (χ0n) is 10.2. The van der Waals surface area contributed by atoms with Gasteiger partial charge in [-0.2, -0.15) is 0 Å². The van der Waals surface area contributed by atoms with E-state index in [1.165, 1.54) is 0 Å². The van der Waals surface area contributed by atoms with Gasteiger partial charge in [0.2, 0.25) is 0 Å². The number of rotatable bonds is 4. The molecule has 0 amide bonds.